The molecule has 0 aliphatic carbocycles. The van der Waals surface area contributed by atoms with Crippen molar-refractivity contribution in [2.75, 3.05) is 20.2 Å². The zero-order valence-corrected chi connectivity index (χ0v) is 21.0. The summed E-state index contributed by atoms with van der Waals surface area (Å²) in [6, 6.07) is 17.0. The Bertz CT molecular complexity index is 1210. The predicted molar refractivity (Wildman–Crippen MR) is 141 cm³/mol. The summed E-state index contributed by atoms with van der Waals surface area (Å²) in [6.45, 7) is 2.01. The number of ether oxygens (including phenoxy) is 2. The molecule has 0 radical (unpaired) electrons. The number of benzene rings is 3. The summed E-state index contributed by atoms with van der Waals surface area (Å²) >= 11 is 0. The van der Waals surface area contributed by atoms with Crippen LogP contribution >= 0.6 is 12.4 Å². The smallest absolute Gasteiger partial charge is 0.249 e. The molecule has 1 saturated heterocycles. The molecule has 1 unspecified atom stereocenters. The lowest BCUT2D eigenvalue weighted by Gasteiger charge is -2.21. The number of nitrogens with two attached hydrogens (primary N) is 1. The minimum Gasteiger partial charge on any atom is -0.507 e. The molecule has 0 spiro atoms. The van der Waals surface area contributed by atoms with E-state index in [9.17, 15) is 14.7 Å². The van der Waals surface area contributed by atoms with E-state index in [2.05, 4.69) is 5.32 Å². The number of hydrogen-bond acceptors (Lipinski definition) is 6. The van der Waals surface area contributed by atoms with E-state index >= 15 is 0 Å². The molecule has 1 heterocycles. The number of methoxy groups -OCH3 is 1. The Morgan fingerprint density at radius 2 is 1.83 bits per heavy atom. The monoisotopic (exact) mass is 510 g/mol. The van der Waals surface area contributed by atoms with Gasteiger partial charge in [0, 0.05) is 29.2 Å². The molecule has 0 aromatic heterocycles. The molecule has 36 heavy (non-hydrogen) atoms. The number of primary amides is 1. The van der Waals surface area contributed by atoms with Gasteiger partial charge in [-0.1, -0.05) is 36.8 Å². The van der Waals surface area contributed by atoms with Gasteiger partial charge in [0.2, 0.25) is 5.91 Å². The molecule has 1 aliphatic heterocycles. The summed E-state index contributed by atoms with van der Waals surface area (Å²) in [6.07, 6.45) is 3.13. The molecule has 7 nitrogen and oxygen atoms in total. The van der Waals surface area contributed by atoms with E-state index in [1.54, 1.807) is 30.3 Å². The largest absolute Gasteiger partial charge is 0.507 e. The molecule has 3 aromatic carbocycles. The van der Waals surface area contributed by atoms with E-state index in [-0.39, 0.29) is 42.0 Å². The van der Waals surface area contributed by atoms with Gasteiger partial charge in [-0.15, -0.1) is 12.4 Å². The van der Waals surface area contributed by atoms with Crippen molar-refractivity contribution in [3.63, 3.8) is 0 Å². The number of rotatable bonds is 8. The maximum absolute atomic E-state index is 12.9. The van der Waals surface area contributed by atoms with Crippen molar-refractivity contribution < 1.29 is 24.2 Å². The number of amides is 1. The van der Waals surface area contributed by atoms with Crippen molar-refractivity contribution >= 4 is 24.1 Å². The van der Waals surface area contributed by atoms with E-state index in [4.69, 9.17) is 15.2 Å². The molecule has 8 heteroatoms. The van der Waals surface area contributed by atoms with E-state index in [0.717, 1.165) is 43.5 Å². The fourth-order valence-corrected chi connectivity index (χ4v) is 4.46. The standard InChI is InChI=1S/C28H30N2O5.ClH/c1-34-21-12-13-24(31)23(15-21)27(32)19-10-8-18(9-11-19)17-35-25-7-4-6-22(28(29)33)26(25)20-5-2-3-14-30-16-20;/h4,6-13,15,20,30-31H,2-3,5,14,16-17H2,1H3,(H2,29,33);1H. The number of aromatic hydroxyl groups is 1. The molecule has 190 valence electrons. The zero-order chi connectivity index (χ0) is 24.8. The van der Waals surface area contributed by atoms with Gasteiger partial charge in [-0.2, -0.15) is 0 Å². The highest BCUT2D eigenvalue weighted by Gasteiger charge is 2.24. The second kappa shape index (κ2) is 12.4. The van der Waals surface area contributed by atoms with E-state index in [1.165, 1.54) is 19.2 Å². The van der Waals surface area contributed by atoms with Gasteiger partial charge in [0.05, 0.1) is 12.7 Å². The fourth-order valence-electron chi connectivity index (χ4n) is 4.46. The highest BCUT2D eigenvalue weighted by Crippen LogP contribution is 2.34. The Morgan fingerprint density at radius 1 is 1.06 bits per heavy atom. The number of nitrogens with one attached hydrogen (secondary N) is 1. The third-order valence-electron chi connectivity index (χ3n) is 6.35. The average Bonchev–Trinajstić information content (AvgIpc) is 3.17. The summed E-state index contributed by atoms with van der Waals surface area (Å²) < 4.78 is 11.3. The van der Waals surface area contributed by atoms with Crippen LogP contribution < -0.4 is 20.5 Å². The van der Waals surface area contributed by atoms with Crippen LogP contribution in [0.2, 0.25) is 0 Å². The third-order valence-corrected chi connectivity index (χ3v) is 6.35. The maximum atomic E-state index is 12.9. The van der Waals surface area contributed by atoms with Crippen molar-refractivity contribution in [1.82, 2.24) is 5.32 Å². The quantitative estimate of drug-likeness (QED) is 0.382. The van der Waals surface area contributed by atoms with Crippen LogP contribution in [0.4, 0.5) is 0 Å². The van der Waals surface area contributed by atoms with E-state index in [0.29, 0.717) is 22.6 Å². The van der Waals surface area contributed by atoms with Gasteiger partial charge in [-0.25, -0.2) is 0 Å². The minimum atomic E-state index is -0.460. The Kier molecular flexibility index (Phi) is 9.33. The second-order valence-electron chi connectivity index (χ2n) is 8.68. The van der Waals surface area contributed by atoms with Crippen LogP contribution in [-0.2, 0) is 6.61 Å². The van der Waals surface area contributed by atoms with Crippen LogP contribution in [0.5, 0.6) is 17.2 Å². The van der Waals surface area contributed by atoms with Gasteiger partial charge in [0.1, 0.15) is 23.9 Å². The topological polar surface area (TPSA) is 111 Å². The number of carbonyl (C=O) groups excluding carboxylic acids is 2. The summed E-state index contributed by atoms with van der Waals surface area (Å²) in [4.78, 5) is 25.0. The molecule has 0 saturated carbocycles. The Balaban J connectivity index is 0.00000361. The normalized spacial score (nSPS) is 15.3. The molecule has 1 atom stereocenters. The molecule has 4 N–H and O–H groups in total. The van der Waals surface area contributed by atoms with E-state index in [1.807, 2.05) is 18.2 Å². The first-order chi connectivity index (χ1) is 17.0. The van der Waals surface area contributed by atoms with Gasteiger partial charge < -0.3 is 25.6 Å². The van der Waals surface area contributed by atoms with Crippen molar-refractivity contribution in [3.05, 3.63) is 88.5 Å². The van der Waals surface area contributed by atoms with Gasteiger partial charge in [-0.05, 0) is 55.3 Å². The highest BCUT2D eigenvalue weighted by molar-refractivity contribution is 6.10. The Hall–Kier alpha value is -3.55. The highest BCUT2D eigenvalue weighted by atomic mass is 35.5. The summed E-state index contributed by atoms with van der Waals surface area (Å²) in [5, 5.41) is 13.5. The van der Waals surface area contributed by atoms with Gasteiger partial charge >= 0.3 is 0 Å². The first-order valence-corrected chi connectivity index (χ1v) is 11.7. The fraction of sp³-hybridized carbons (Fsp3) is 0.286. The van der Waals surface area contributed by atoms with Gasteiger partial charge in [0.25, 0.3) is 0 Å². The molecule has 1 fully saturated rings. The number of ketones is 1. The summed E-state index contributed by atoms with van der Waals surface area (Å²) in [5.41, 5.74) is 8.53. The maximum Gasteiger partial charge on any atom is 0.249 e. The van der Waals surface area contributed by atoms with Crippen molar-refractivity contribution in [3.8, 4) is 17.2 Å². The number of carbonyl (C=O) groups is 2. The van der Waals surface area contributed by atoms with Crippen molar-refractivity contribution in [1.29, 1.82) is 0 Å². The van der Waals surface area contributed by atoms with Crippen LogP contribution in [0, 0.1) is 0 Å². The molecular formula is C28H31ClN2O5. The predicted octanol–water partition coefficient (Wildman–Crippen LogP) is 4.59. The first-order valence-electron chi connectivity index (χ1n) is 11.7. The molecule has 1 aliphatic rings. The summed E-state index contributed by atoms with van der Waals surface area (Å²) in [5.74, 6) is 0.430. The molecule has 3 aromatic rings. The number of hydrogen-bond donors (Lipinski definition) is 3. The lowest BCUT2D eigenvalue weighted by atomic mass is 9.89. The van der Waals surface area contributed by atoms with Gasteiger partial charge in [-0.3, -0.25) is 9.59 Å². The van der Waals surface area contributed by atoms with Crippen LogP contribution in [0.1, 0.15) is 62.6 Å². The van der Waals surface area contributed by atoms with Crippen LogP contribution in [0.15, 0.2) is 60.7 Å². The van der Waals surface area contributed by atoms with Gasteiger partial charge in [0.15, 0.2) is 5.78 Å². The number of phenols is 1. The SMILES string of the molecule is COc1ccc(O)c(C(=O)c2ccc(COc3cccc(C(N)=O)c3C3CCCCNC3)cc2)c1.Cl. The molecule has 4 rings (SSSR count). The molecule has 1 amide bonds. The summed E-state index contributed by atoms with van der Waals surface area (Å²) in [7, 11) is 1.51. The molecule has 0 bridgehead atoms. The third kappa shape index (κ3) is 6.17. The second-order valence-corrected chi connectivity index (χ2v) is 8.68. The lowest BCUT2D eigenvalue weighted by molar-refractivity contribution is 0.0996. The zero-order valence-electron chi connectivity index (χ0n) is 20.2. The lowest BCUT2D eigenvalue weighted by Crippen LogP contribution is -2.23. The average molecular weight is 511 g/mol. The first kappa shape index (κ1) is 27.0. The minimum absolute atomic E-state index is 0. The number of halogens is 1. The Labute approximate surface area is 217 Å². The van der Waals surface area contributed by atoms with Crippen molar-refractivity contribution in [2.45, 2.75) is 31.8 Å². The molecular weight excluding hydrogens is 480 g/mol. The van der Waals surface area contributed by atoms with E-state index < -0.39 is 5.91 Å². The Morgan fingerprint density at radius 3 is 2.56 bits per heavy atom. The van der Waals surface area contributed by atoms with Crippen LogP contribution in [0.3, 0.4) is 0 Å². The van der Waals surface area contributed by atoms with Crippen LogP contribution in [-0.4, -0.2) is 37.0 Å². The van der Waals surface area contributed by atoms with Crippen molar-refractivity contribution in [2.24, 2.45) is 5.73 Å². The number of phenolic OH excluding ortho intramolecular Hbond substituents is 1. The van der Waals surface area contributed by atoms with Crippen LogP contribution in [0.25, 0.3) is 0 Å².